The largest absolute Gasteiger partial charge is 0.371 e. The molecule has 3 heteroatoms. The minimum atomic E-state index is -0.304. The van der Waals surface area contributed by atoms with Gasteiger partial charge < -0.3 is 14.8 Å². The Bertz CT molecular complexity index is 264. The van der Waals surface area contributed by atoms with Crippen LogP contribution in [0.4, 0.5) is 5.69 Å². The van der Waals surface area contributed by atoms with Crippen molar-refractivity contribution < 1.29 is 9.47 Å². The number of hydrogen-bond donors (Lipinski definition) is 1. The van der Waals surface area contributed by atoms with Gasteiger partial charge in [-0.1, -0.05) is 18.2 Å². The molecule has 0 unspecified atom stereocenters. The average Bonchev–Trinajstić information content (AvgIpc) is 2.13. The fourth-order valence-electron chi connectivity index (χ4n) is 1.31. The van der Waals surface area contributed by atoms with Crippen LogP contribution in [-0.2, 0) is 9.47 Å². The van der Waals surface area contributed by atoms with Gasteiger partial charge in [-0.15, -0.1) is 0 Å². The van der Waals surface area contributed by atoms with Crippen molar-refractivity contribution in [2.45, 2.75) is 5.72 Å². The third-order valence-electron chi connectivity index (χ3n) is 2.21. The number of nitrogens with one attached hydrogen (secondary N) is 1. The van der Waals surface area contributed by atoms with Crippen LogP contribution in [0.2, 0.25) is 0 Å². The third-order valence-corrected chi connectivity index (χ3v) is 2.21. The van der Waals surface area contributed by atoms with Crippen LogP contribution in [0, 0.1) is 0 Å². The molecular formula is C10H13NO2. The SMILES string of the molecule is COC1(Nc2ccccc2)COC1. The van der Waals surface area contributed by atoms with Crippen molar-refractivity contribution in [1.82, 2.24) is 0 Å². The van der Waals surface area contributed by atoms with E-state index in [9.17, 15) is 0 Å². The first-order valence-corrected chi connectivity index (χ1v) is 4.31. The molecule has 1 aromatic carbocycles. The van der Waals surface area contributed by atoms with Crippen LogP contribution < -0.4 is 5.32 Å². The standard InChI is InChI=1S/C10H13NO2/c1-12-10(7-13-8-10)11-9-5-3-2-4-6-9/h2-6,11H,7-8H2,1H3. The summed E-state index contributed by atoms with van der Waals surface area (Å²) < 4.78 is 10.5. The maximum atomic E-state index is 5.34. The molecule has 0 radical (unpaired) electrons. The van der Waals surface area contributed by atoms with E-state index in [1.165, 1.54) is 0 Å². The molecule has 1 aromatic rings. The van der Waals surface area contributed by atoms with Gasteiger partial charge in [0, 0.05) is 12.8 Å². The van der Waals surface area contributed by atoms with Gasteiger partial charge in [-0.2, -0.15) is 0 Å². The molecule has 1 aliphatic heterocycles. The predicted octanol–water partition coefficient (Wildman–Crippen LogP) is 1.47. The van der Waals surface area contributed by atoms with Crippen molar-refractivity contribution in [3.05, 3.63) is 30.3 Å². The van der Waals surface area contributed by atoms with E-state index in [0.29, 0.717) is 13.2 Å². The Morgan fingerprint density at radius 3 is 2.46 bits per heavy atom. The summed E-state index contributed by atoms with van der Waals surface area (Å²) in [4.78, 5) is 0. The summed E-state index contributed by atoms with van der Waals surface area (Å²) in [6.45, 7) is 1.22. The van der Waals surface area contributed by atoms with Gasteiger partial charge in [-0.3, -0.25) is 0 Å². The highest BCUT2D eigenvalue weighted by Gasteiger charge is 2.38. The molecule has 0 spiro atoms. The quantitative estimate of drug-likeness (QED) is 0.713. The second-order valence-corrected chi connectivity index (χ2v) is 3.18. The summed E-state index contributed by atoms with van der Waals surface area (Å²) in [5.41, 5.74) is 0.758. The molecule has 0 bridgehead atoms. The Hall–Kier alpha value is -1.06. The van der Waals surface area contributed by atoms with Crippen LogP contribution in [0.1, 0.15) is 0 Å². The Kier molecular flexibility index (Phi) is 2.20. The van der Waals surface area contributed by atoms with Gasteiger partial charge >= 0.3 is 0 Å². The first-order valence-electron chi connectivity index (χ1n) is 4.31. The first-order chi connectivity index (χ1) is 6.35. The van der Waals surface area contributed by atoms with E-state index in [1.54, 1.807) is 7.11 Å². The van der Waals surface area contributed by atoms with Gasteiger partial charge in [0.05, 0.1) is 13.2 Å². The number of ether oxygens (including phenoxy) is 2. The summed E-state index contributed by atoms with van der Waals surface area (Å²) in [6.07, 6.45) is 0. The van der Waals surface area contributed by atoms with Crippen molar-refractivity contribution >= 4 is 5.69 Å². The molecule has 1 heterocycles. The highest BCUT2D eigenvalue weighted by molar-refractivity contribution is 5.45. The second-order valence-electron chi connectivity index (χ2n) is 3.18. The van der Waals surface area contributed by atoms with E-state index in [0.717, 1.165) is 5.69 Å². The van der Waals surface area contributed by atoms with Crippen LogP contribution in [-0.4, -0.2) is 26.0 Å². The van der Waals surface area contributed by atoms with Gasteiger partial charge in [0.15, 0.2) is 5.72 Å². The highest BCUT2D eigenvalue weighted by atomic mass is 16.6. The monoisotopic (exact) mass is 179 g/mol. The van der Waals surface area contributed by atoms with Gasteiger partial charge in [0.2, 0.25) is 0 Å². The molecular weight excluding hydrogens is 166 g/mol. The summed E-state index contributed by atoms with van der Waals surface area (Å²) in [5.74, 6) is 0. The van der Waals surface area contributed by atoms with Gasteiger partial charge in [-0.25, -0.2) is 0 Å². The Balaban J connectivity index is 2.05. The molecule has 0 saturated carbocycles. The van der Waals surface area contributed by atoms with Crippen LogP contribution in [0.25, 0.3) is 0 Å². The number of rotatable bonds is 3. The van der Waals surface area contributed by atoms with Crippen molar-refractivity contribution in [2.24, 2.45) is 0 Å². The van der Waals surface area contributed by atoms with Crippen LogP contribution in [0.15, 0.2) is 30.3 Å². The van der Waals surface area contributed by atoms with Gasteiger partial charge in [0.1, 0.15) is 0 Å². The van der Waals surface area contributed by atoms with E-state index < -0.39 is 0 Å². The fraction of sp³-hybridized carbons (Fsp3) is 0.400. The van der Waals surface area contributed by atoms with E-state index in [2.05, 4.69) is 5.32 Å². The molecule has 1 saturated heterocycles. The molecule has 13 heavy (non-hydrogen) atoms. The Morgan fingerprint density at radius 2 is 2.00 bits per heavy atom. The third kappa shape index (κ3) is 1.66. The zero-order chi connectivity index (χ0) is 9.15. The zero-order valence-corrected chi connectivity index (χ0v) is 7.62. The van der Waals surface area contributed by atoms with E-state index >= 15 is 0 Å². The fourth-order valence-corrected chi connectivity index (χ4v) is 1.31. The number of anilines is 1. The first kappa shape index (κ1) is 8.53. The molecule has 0 amide bonds. The predicted molar refractivity (Wildman–Crippen MR) is 50.6 cm³/mol. The average molecular weight is 179 g/mol. The highest BCUT2D eigenvalue weighted by Crippen LogP contribution is 2.23. The molecule has 1 N–H and O–H groups in total. The van der Waals surface area contributed by atoms with Gasteiger partial charge in [-0.05, 0) is 12.1 Å². The van der Waals surface area contributed by atoms with E-state index in [-0.39, 0.29) is 5.72 Å². The lowest BCUT2D eigenvalue weighted by atomic mass is 10.1. The number of methoxy groups -OCH3 is 1. The summed E-state index contributed by atoms with van der Waals surface area (Å²) in [6, 6.07) is 10.00. The minimum absolute atomic E-state index is 0.304. The lowest BCUT2D eigenvalue weighted by Gasteiger charge is -2.41. The number of hydrogen-bond acceptors (Lipinski definition) is 3. The molecule has 0 aliphatic carbocycles. The minimum Gasteiger partial charge on any atom is -0.371 e. The normalized spacial score (nSPS) is 19.2. The molecule has 3 nitrogen and oxygen atoms in total. The molecule has 1 fully saturated rings. The molecule has 1 aliphatic rings. The van der Waals surface area contributed by atoms with Crippen molar-refractivity contribution in [3.8, 4) is 0 Å². The molecule has 2 rings (SSSR count). The van der Waals surface area contributed by atoms with E-state index in [1.807, 2.05) is 30.3 Å². The molecule has 70 valence electrons. The smallest absolute Gasteiger partial charge is 0.185 e. The second kappa shape index (κ2) is 3.36. The van der Waals surface area contributed by atoms with Crippen LogP contribution >= 0.6 is 0 Å². The summed E-state index contributed by atoms with van der Waals surface area (Å²) in [5, 5.41) is 3.29. The van der Waals surface area contributed by atoms with Crippen LogP contribution in [0.5, 0.6) is 0 Å². The lowest BCUT2D eigenvalue weighted by molar-refractivity contribution is -0.177. The zero-order valence-electron chi connectivity index (χ0n) is 7.62. The topological polar surface area (TPSA) is 30.5 Å². The van der Waals surface area contributed by atoms with E-state index in [4.69, 9.17) is 9.47 Å². The summed E-state index contributed by atoms with van der Waals surface area (Å²) >= 11 is 0. The summed E-state index contributed by atoms with van der Waals surface area (Å²) in [7, 11) is 1.69. The maximum absolute atomic E-state index is 5.34. The Labute approximate surface area is 77.7 Å². The van der Waals surface area contributed by atoms with Gasteiger partial charge in [0.25, 0.3) is 0 Å². The van der Waals surface area contributed by atoms with Crippen molar-refractivity contribution in [2.75, 3.05) is 25.6 Å². The molecule has 0 aromatic heterocycles. The van der Waals surface area contributed by atoms with Crippen molar-refractivity contribution in [3.63, 3.8) is 0 Å². The molecule has 0 atom stereocenters. The lowest BCUT2D eigenvalue weighted by Crippen LogP contribution is -2.57. The number of para-hydroxylation sites is 1. The van der Waals surface area contributed by atoms with Crippen molar-refractivity contribution in [1.29, 1.82) is 0 Å². The maximum Gasteiger partial charge on any atom is 0.185 e. The number of benzene rings is 1. The van der Waals surface area contributed by atoms with Crippen LogP contribution in [0.3, 0.4) is 0 Å². The Morgan fingerprint density at radius 1 is 1.31 bits per heavy atom.